The van der Waals surface area contributed by atoms with E-state index in [0.717, 1.165) is 40.1 Å². The zero-order valence-electron chi connectivity index (χ0n) is 15.5. The Hall–Kier alpha value is -2.34. The number of carbonyl (C=O) groups excluding carboxylic acids is 1. The predicted molar refractivity (Wildman–Crippen MR) is 105 cm³/mol. The van der Waals surface area contributed by atoms with Crippen molar-refractivity contribution in [2.24, 2.45) is 5.41 Å². The molecule has 26 heavy (non-hydrogen) atoms. The summed E-state index contributed by atoms with van der Waals surface area (Å²) >= 11 is 1.55. The van der Waals surface area contributed by atoms with Crippen LogP contribution in [0.4, 0.5) is 10.5 Å². The van der Waals surface area contributed by atoms with Crippen molar-refractivity contribution in [3.05, 3.63) is 40.3 Å². The van der Waals surface area contributed by atoms with Crippen molar-refractivity contribution in [2.45, 2.75) is 33.1 Å². The van der Waals surface area contributed by atoms with E-state index in [1.54, 1.807) is 25.4 Å². The number of carboxylic acids is 1. The van der Waals surface area contributed by atoms with Gasteiger partial charge in [-0.05, 0) is 36.3 Å². The van der Waals surface area contributed by atoms with Crippen LogP contribution in [0.15, 0.2) is 24.3 Å². The van der Waals surface area contributed by atoms with Gasteiger partial charge in [0.25, 0.3) is 0 Å². The third kappa shape index (κ3) is 3.46. The second kappa shape index (κ2) is 6.76. The maximum Gasteiger partial charge on any atom is 0.337 e. The second-order valence-corrected chi connectivity index (χ2v) is 8.83. The normalized spacial score (nSPS) is 15.2. The molecule has 6 heteroatoms. The topological polar surface area (TPSA) is 69.6 Å². The number of rotatable bonds is 3. The molecule has 1 heterocycles. The molecule has 0 unspecified atom stereocenters. The lowest BCUT2D eigenvalue weighted by Gasteiger charge is -2.29. The van der Waals surface area contributed by atoms with Crippen molar-refractivity contribution in [2.75, 3.05) is 19.4 Å². The van der Waals surface area contributed by atoms with Gasteiger partial charge in [0, 0.05) is 24.5 Å². The molecule has 1 aliphatic carbocycles. The highest BCUT2D eigenvalue weighted by molar-refractivity contribution is 7.16. The van der Waals surface area contributed by atoms with E-state index in [1.807, 2.05) is 24.3 Å². The maximum absolute atomic E-state index is 12.1. The SMILES string of the molecule is CN(C)C(=O)Nc1ccccc1-c1sc2c(c1C(=O)O)CC(C)(C)CC2. The molecule has 0 aliphatic heterocycles. The van der Waals surface area contributed by atoms with Crippen molar-refractivity contribution in [1.82, 2.24) is 4.90 Å². The minimum atomic E-state index is -0.899. The first-order valence-electron chi connectivity index (χ1n) is 8.65. The van der Waals surface area contributed by atoms with Gasteiger partial charge < -0.3 is 15.3 Å². The number of hydrogen-bond donors (Lipinski definition) is 2. The Bertz CT molecular complexity index is 868. The number of urea groups is 1. The molecular formula is C20H24N2O3S. The molecule has 0 fully saturated rings. The molecule has 3 rings (SSSR count). The lowest BCUT2D eigenvalue weighted by atomic mass is 9.76. The van der Waals surface area contributed by atoms with Crippen molar-refractivity contribution in [3.8, 4) is 10.4 Å². The number of thiophene rings is 1. The Morgan fingerprint density at radius 2 is 1.92 bits per heavy atom. The quantitative estimate of drug-likeness (QED) is 0.819. The molecule has 0 atom stereocenters. The van der Waals surface area contributed by atoms with E-state index in [9.17, 15) is 14.7 Å². The van der Waals surface area contributed by atoms with E-state index in [1.165, 1.54) is 4.90 Å². The fourth-order valence-electron chi connectivity index (χ4n) is 3.35. The Morgan fingerprint density at radius 3 is 2.58 bits per heavy atom. The van der Waals surface area contributed by atoms with E-state index in [0.29, 0.717) is 11.3 Å². The third-order valence-corrected chi connectivity index (χ3v) is 6.13. The van der Waals surface area contributed by atoms with Gasteiger partial charge in [0.2, 0.25) is 0 Å². The van der Waals surface area contributed by atoms with E-state index < -0.39 is 5.97 Å². The first-order chi connectivity index (χ1) is 12.2. The van der Waals surface area contributed by atoms with Gasteiger partial charge in [-0.2, -0.15) is 0 Å². The van der Waals surface area contributed by atoms with Crippen molar-refractivity contribution in [3.63, 3.8) is 0 Å². The number of carboxylic acid groups (broad SMARTS) is 1. The summed E-state index contributed by atoms with van der Waals surface area (Å²) in [4.78, 5) is 27.5. The third-order valence-electron chi connectivity index (χ3n) is 4.81. The number of aryl methyl sites for hydroxylation is 1. The van der Waals surface area contributed by atoms with E-state index in [-0.39, 0.29) is 11.4 Å². The number of amides is 2. The van der Waals surface area contributed by atoms with Crippen LogP contribution in [0.3, 0.4) is 0 Å². The molecule has 1 aliphatic rings. The number of anilines is 1. The summed E-state index contributed by atoms with van der Waals surface area (Å²) < 4.78 is 0. The number of nitrogens with zero attached hydrogens (tertiary/aromatic N) is 1. The standard InChI is InChI=1S/C20H24N2O3S/c1-20(2)10-9-15-13(11-20)16(18(23)24)17(26-15)12-7-5-6-8-14(12)21-19(25)22(3)4/h5-8H,9-11H2,1-4H3,(H,21,25)(H,23,24). The first-order valence-corrected chi connectivity index (χ1v) is 9.47. The van der Waals surface area contributed by atoms with Crippen LogP contribution < -0.4 is 5.32 Å². The number of nitrogens with one attached hydrogen (secondary N) is 1. The first kappa shape index (κ1) is 18.5. The highest BCUT2D eigenvalue weighted by atomic mass is 32.1. The molecule has 0 saturated heterocycles. The van der Waals surface area contributed by atoms with Crippen LogP contribution in [0.2, 0.25) is 0 Å². The van der Waals surface area contributed by atoms with E-state index in [2.05, 4.69) is 19.2 Å². The Labute approximate surface area is 157 Å². The molecule has 5 nitrogen and oxygen atoms in total. The van der Waals surface area contributed by atoms with Gasteiger partial charge in [0.1, 0.15) is 0 Å². The molecule has 2 aromatic rings. The van der Waals surface area contributed by atoms with E-state index in [4.69, 9.17) is 0 Å². The molecule has 0 bridgehead atoms. The maximum atomic E-state index is 12.1. The summed E-state index contributed by atoms with van der Waals surface area (Å²) in [5.41, 5.74) is 2.85. The Morgan fingerprint density at radius 1 is 1.23 bits per heavy atom. The molecule has 0 spiro atoms. The molecule has 138 valence electrons. The van der Waals surface area contributed by atoms with Gasteiger partial charge >= 0.3 is 12.0 Å². The van der Waals surface area contributed by atoms with Crippen LogP contribution in [0.25, 0.3) is 10.4 Å². The summed E-state index contributed by atoms with van der Waals surface area (Å²) in [6, 6.07) is 7.16. The van der Waals surface area contributed by atoms with Crippen LogP contribution in [-0.4, -0.2) is 36.1 Å². The molecule has 0 radical (unpaired) electrons. The van der Waals surface area contributed by atoms with Crippen LogP contribution in [0.5, 0.6) is 0 Å². The number of carbonyl (C=O) groups is 2. The van der Waals surface area contributed by atoms with Gasteiger partial charge in [-0.25, -0.2) is 9.59 Å². The summed E-state index contributed by atoms with van der Waals surface area (Å²) in [5.74, 6) is -0.899. The molecule has 1 aromatic heterocycles. The largest absolute Gasteiger partial charge is 0.478 e. The molecule has 2 amide bonds. The van der Waals surface area contributed by atoms with E-state index >= 15 is 0 Å². The molecular weight excluding hydrogens is 348 g/mol. The fraction of sp³-hybridized carbons (Fsp3) is 0.400. The Balaban J connectivity index is 2.13. The molecule has 2 N–H and O–H groups in total. The monoisotopic (exact) mass is 372 g/mol. The number of fused-ring (bicyclic) bond motifs is 1. The lowest BCUT2D eigenvalue weighted by molar-refractivity contribution is 0.0696. The highest BCUT2D eigenvalue weighted by Crippen LogP contribution is 2.46. The van der Waals surface area contributed by atoms with Crippen LogP contribution >= 0.6 is 11.3 Å². The van der Waals surface area contributed by atoms with Crippen LogP contribution in [0, 0.1) is 5.41 Å². The predicted octanol–water partition coefficient (Wildman–Crippen LogP) is 4.72. The number of aromatic carboxylic acids is 1. The minimum absolute atomic E-state index is 0.105. The zero-order valence-corrected chi connectivity index (χ0v) is 16.4. The summed E-state index contributed by atoms with van der Waals surface area (Å²) in [6.07, 6.45) is 2.73. The van der Waals surface area contributed by atoms with Gasteiger partial charge in [0.15, 0.2) is 0 Å². The zero-order chi connectivity index (χ0) is 19.1. The highest BCUT2D eigenvalue weighted by Gasteiger charge is 2.33. The average molecular weight is 372 g/mol. The number of hydrogen-bond acceptors (Lipinski definition) is 3. The van der Waals surface area contributed by atoms with Gasteiger partial charge in [-0.1, -0.05) is 32.0 Å². The summed E-state index contributed by atoms with van der Waals surface area (Å²) in [5, 5.41) is 12.8. The minimum Gasteiger partial charge on any atom is -0.478 e. The molecule has 1 aromatic carbocycles. The lowest BCUT2D eigenvalue weighted by Crippen LogP contribution is -2.27. The summed E-state index contributed by atoms with van der Waals surface area (Å²) in [7, 11) is 3.35. The summed E-state index contributed by atoms with van der Waals surface area (Å²) in [6.45, 7) is 4.37. The number of para-hydroxylation sites is 1. The average Bonchev–Trinajstić information content (AvgIpc) is 2.92. The smallest absolute Gasteiger partial charge is 0.337 e. The van der Waals surface area contributed by atoms with Gasteiger partial charge in [-0.15, -0.1) is 11.3 Å². The van der Waals surface area contributed by atoms with Crippen molar-refractivity contribution < 1.29 is 14.7 Å². The fourth-order valence-corrected chi connectivity index (χ4v) is 4.70. The van der Waals surface area contributed by atoms with Crippen molar-refractivity contribution in [1.29, 1.82) is 0 Å². The second-order valence-electron chi connectivity index (χ2n) is 7.72. The van der Waals surface area contributed by atoms with Gasteiger partial charge in [-0.3, -0.25) is 0 Å². The Kier molecular flexibility index (Phi) is 4.80. The van der Waals surface area contributed by atoms with Crippen LogP contribution in [0.1, 0.15) is 41.1 Å². The number of benzene rings is 1. The van der Waals surface area contributed by atoms with Crippen molar-refractivity contribution >= 4 is 29.0 Å². The van der Waals surface area contributed by atoms with Gasteiger partial charge in [0.05, 0.1) is 16.1 Å². The van der Waals surface area contributed by atoms with Crippen LogP contribution in [-0.2, 0) is 12.8 Å². The molecule has 0 saturated carbocycles.